The summed E-state index contributed by atoms with van der Waals surface area (Å²) in [4.78, 5) is 15.3. The van der Waals surface area contributed by atoms with Crippen molar-refractivity contribution in [2.24, 2.45) is 0 Å². The number of nitrogens with one attached hydrogen (secondary N) is 2. The lowest BCUT2D eigenvalue weighted by Crippen LogP contribution is -2.35. The summed E-state index contributed by atoms with van der Waals surface area (Å²) in [5.74, 6) is -0.373. The van der Waals surface area contributed by atoms with Crippen molar-refractivity contribution >= 4 is 37.5 Å². The molecule has 1 amide bonds. The SMILES string of the molecule is Cc1cc(NC(=O)c2cc(S(=O)(=O)N3CCCCC3)c[nH]2)ccc1Br. The monoisotopic (exact) mass is 425 g/mol. The van der Waals surface area contributed by atoms with Crippen LogP contribution in [0.2, 0.25) is 0 Å². The van der Waals surface area contributed by atoms with Crippen molar-refractivity contribution in [1.29, 1.82) is 0 Å². The number of benzene rings is 1. The number of piperidine rings is 1. The molecular formula is C17H20BrN3O3S. The van der Waals surface area contributed by atoms with Crippen molar-refractivity contribution < 1.29 is 13.2 Å². The van der Waals surface area contributed by atoms with Crippen LogP contribution in [-0.2, 0) is 10.0 Å². The van der Waals surface area contributed by atoms with E-state index in [1.54, 1.807) is 6.07 Å². The van der Waals surface area contributed by atoms with Crippen LogP contribution in [0.1, 0.15) is 35.3 Å². The van der Waals surface area contributed by atoms with Crippen LogP contribution >= 0.6 is 15.9 Å². The van der Waals surface area contributed by atoms with Crippen molar-refractivity contribution in [3.63, 3.8) is 0 Å². The van der Waals surface area contributed by atoms with Gasteiger partial charge in [0.1, 0.15) is 10.6 Å². The molecule has 1 aliphatic rings. The number of aryl methyl sites for hydroxylation is 1. The standard InChI is InChI=1S/C17H20BrN3O3S/c1-12-9-13(5-6-15(12)18)20-17(22)16-10-14(11-19-16)25(23,24)21-7-3-2-4-8-21/h5-6,9-11,19H,2-4,7-8H2,1H3,(H,20,22). The van der Waals surface area contributed by atoms with Crippen LogP contribution in [-0.4, -0.2) is 36.7 Å². The fourth-order valence-corrected chi connectivity index (χ4v) is 4.59. The number of aromatic nitrogens is 1. The second kappa shape index (κ2) is 7.31. The number of aromatic amines is 1. The normalized spacial score (nSPS) is 15.9. The molecule has 1 aromatic heterocycles. The van der Waals surface area contributed by atoms with Gasteiger partial charge in [-0.25, -0.2) is 8.42 Å². The van der Waals surface area contributed by atoms with Crippen LogP contribution in [0.5, 0.6) is 0 Å². The zero-order chi connectivity index (χ0) is 18.0. The number of hydrogen-bond acceptors (Lipinski definition) is 3. The minimum Gasteiger partial charge on any atom is -0.356 e. The van der Waals surface area contributed by atoms with Gasteiger partial charge < -0.3 is 10.3 Å². The Morgan fingerprint density at radius 1 is 1.20 bits per heavy atom. The number of nitrogens with zero attached hydrogens (tertiary/aromatic N) is 1. The Balaban J connectivity index is 1.76. The van der Waals surface area contributed by atoms with Gasteiger partial charge in [0.05, 0.1) is 0 Å². The van der Waals surface area contributed by atoms with Crippen molar-refractivity contribution in [1.82, 2.24) is 9.29 Å². The van der Waals surface area contributed by atoms with E-state index < -0.39 is 10.0 Å². The molecule has 2 N–H and O–H groups in total. The number of anilines is 1. The van der Waals surface area contributed by atoms with Gasteiger partial charge >= 0.3 is 0 Å². The van der Waals surface area contributed by atoms with Gasteiger partial charge in [0.2, 0.25) is 10.0 Å². The predicted molar refractivity (Wildman–Crippen MR) is 100 cm³/mol. The van der Waals surface area contributed by atoms with Gasteiger partial charge in [-0.3, -0.25) is 4.79 Å². The minimum atomic E-state index is -3.54. The number of rotatable bonds is 4. The maximum absolute atomic E-state index is 12.6. The van der Waals surface area contributed by atoms with E-state index in [0.29, 0.717) is 18.8 Å². The van der Waals surface area contributed by atoms with Crippen molar-refractivity contribution in [3.05, 3.63) is 46.2 Å². The zero-order valence-corrected chi connectivity index (χ0v) is 16.3. The molecule has 3 rings (SSSR count). The van der Waals surface area contributed by atoms with E-state index >= 15 is 0 Å². The Morgan fingerprint density at radius 2 is 1.92 bits per heavy atom. The lowest BCUT2D eigenvalue weighted by Gasteiger charge is -2.25. The summed E-state index contributed by atoms with van der Waals surface area (Å²) in [7, 11) is -3.54. The molecule has 6 nitrogen and oxygen atoms in total. The summed E-state index contributed by atoms with van der Waals surface area (Å²) in [5, 5.41) is 2.77. The molecule has 25 heavy (non-hydrogen) atoms. The highest BCUT2D eigenvalue weighted by Gasteiger charge is 2.27. The molecule has 0 unspecified atom stereocenters. The summed E-state index contributed by atoms with van der Waals surface area (Å²) < 4.78 is 27.7. The Morgan fingerprint density at radius 3 is 2.60 bits per heavy atom. The van der Waals surface area contributed by atoms with Crippen molar-refractivity contribution in [3.8, 4) is 0 Å². The quantitative estimate of drug-likeness (QED) is 0.785. The van der Waals surface area contributed by atoms with Crippen molar-refractivity contribution in [2.75, 3.05) is 18.4 Å². The first-order chi connectivity index (χ1) is 11.9. The number of carbonyl (C=O) groups is 1. The Labute approximate surface area is 155 Å². The maximum Gasteiger partial charge on any atom is 0.272 e. The number of amides is 1. The van der Waals surface area contributed by atoms with E-state index in [4.69, 9.17) is 0 Å². The summed E-state index contributed by atoms with van der Waals surface area (Å²) in [6.45, 7) is 3.00. The maximum atomic E-state index is 12.6. The van der Waals surface area contributed by atoms with E-state index in [-0.39, 0.29) is 16.5 Å². The largest absolute Gasteiger partial charge is 0.356 e. The van der Waals surface area contributed by atoms with Gasteiger partial charge in [-0.1, -0.05) is 22.4 Å². The topological polar surface area (TPSA) is 82.3 Å². The van der Waals surface area contributed by atoms with Gasteiger partial charge in [0.15, 0.2) is 0 Å². The molecule has 0 aliphatic carbocycles. The molecule has 2 heterocycles. The third-order valence-electron chi connectivity index (χ3n) is 4.27. The number of H-pyrrole nitrogens is 1. The van der Waals surface area contributed by atoms with E-state index in [0.717, 1.165) is 29.3 Å². The Kier molecular flexibility index (Phi) is 5.31. The highest BCUT2D eigenvalue weighted by Crippen LogP contribution is 2.23. The van der Waals surface area contributed by atoms with Crippen LogP contribution in [0.25, 0.3) is 0 Å². The smallest absolute Gasteiger partial charge is 0.272 e. The summed E-state index contributed by atoms with van der Waals surface area (Å²) >= 11 is 3.41. The predicted octanol–water partition coefficient (Wildman–Crippen LogP) is 3.51. The van der Waals surface area contributed by atoms with Gasteiger partial charge in [-0.05, 0) is 49.6 Å². The van der Waals surface area contributed by atoms with E-state index in [9.17, 15) is 13.2 Å². The number of carbonyl (C=O) groups excluding carboxylic acids is 1. The molecule has 1 fully saturated rings. The third kappa shape index (κ3) is 3.96. The average molecular weight is 426 g/mol. The highest BCUT2D eigenvalue weighted by atomic mass is 79.9. The van der Waals surface area contributed by atoms with Crippen LogP contribution in [0.15, 0.2) is 39.8 Å². The zero-order valence-electron chi connectivity index (χ0n) is 13.9. The van der Waals surface area contributed by atoms with Gasteiger partial charge in [-0.2, -0.15) is 4.31 Å². The molecule has 0 spiro atoms. The first-order valence-corrected chi connectivity index (χ1v) is 10.4. The number of halogens is 1. The van der Waals surface area contributed by atoms with Crippen LogP contribution in [0.3, 0.4) is 0 Å². The average Bonchev–Trinajstić information content (AvgIpc) is 3.10. The number of sulfonamides is 1. The summed E-state index contributed by atoms with van der Waals surface area (Å²) in [6.07, 6.45) is 4.19. The molecule has 0 saturated carbocycles. The molecule has 1 saturated heterocycles. The molecular weight excluding hydrogens is 406 g/mol. The second-order valence-electron chi connectivity index (χ2n) is 6.13. The molecule has 134 valence electrons. The van der Waals surface area contributed by atoms with E-state index in [1.807, 2.05) is 19.1 Å². The molecule has 0 radical (unpaired) electrons. The summed E-state index contributed by atoms with van der Waals surface area (Å²) in [6, 6.07) is 6.87. The fraction of sp³-hybridized carbons (Fsp3) is 0.353. The highest BCUT2D eigenvalue weighted by molar-refractivity contribution is 9.10. The molecule has 1 aliphatic heterocycles. The Hall–Kier alpha value is -1.64. The fourth-order valence-electron chi connectivity index (χ4n) is 2.83. The van der Waals surface area contributed by atoms with Crippen molar-refractivity contribution in [2.45, 2.75) is 31.1 Å². The Bertz CT molecular complexity index is 886. The van der Waals surface area contributed by atoms with Crippen LogP contribution < -0.4 is 5.32 Å². The van der Waals surface area contributed by atoms with E-state index in [2.05, 4.69) is 26.2 Å². The molecule has 0 bridgehead atoms. The lowest BCUT2D eigenvalue weighted by atomic mass is 10.2. The van der Waals surface area contributed by atoms with Gasteiger partial charge in [-0.15, -0.1) is 0 Å². The molecule has 0 atom stereocenters. The molecule has 1 aromatic carbocycles. The van der Waals surface area contributed by atoms with Crippen LogP contribution in [0, 0.1) is 6.92 Å². The summed E-state index contributed by atoms with van der Waals surface area (Å²) in [5.41, 5.74) is 1.87. The first-order valence-electron chi connectivity index (χ1n) is 8.14. The number of hydrogen-bond donors (Lipinski definition) is 2. The lowest BCUT2D eigenvalue weighted by molar-refractivity contribution is 0.102. The van der Waals surface area contributed by atoms with Crippen LogP contribution in [0.4, 0.5) is 5.69 Å². The third-order valence-corrected chi connectivity index (χ3v) is 7.04. The minimum absolute atomic E-state index is 0.131. The van der Waals surface area contributed by atoms with E-state index in [1.165, 1.54) is 16.6 Å². The van der Waals surface area contributed by atoms with Gasteiger partial charge in [0, 0.05) is 29.4 Å². The second-order valence-corrected chi connectivity index (χ2v) is 8.92. The first kappa shape index (κ1) is 18.2. The molecule has 2 aromatic rings. The molecule has 8 heteroatoms. The van der Waals surface area contributed by atoms with Gasteiger partial charge in [0.25, 0.3) is 5.91 Å².